The van der Waals surface area contributed by atoms with Crippen LogP contribution in [0.15, 0.2) is 20.4 Å². The van der Waals surface area contributed by atoms with Crippen LogP contribution in [0, 0.1) is 0 Å². The first kappa shape index (κ1) is 15.0. The summed E-state index contributed by atoms with van der Waals surface area (Å²) in [5.41, 5.74) is 5.05. The van der Waals surface area contributed by atoms with Crippen LogP contribution in [-0.2, 0) is 16.1 Å². The van der Waals surface area contributed by atoms with E-state index in [1.807, 2.05) is 0 Å². The monoisotopic (exact) mass is 312 g/mol. The Morgan fingerprint density at radius 3 is 3.10 bits per heavy atom. The molecule has 0 aromatic carbocycles. The van der Waals surface area contributed by atoms with Crippen LogP contribution in [0.5, 0.6) is 0 Å². The Labute approximate surface area is 122 Å². The van der Waals surface area contributed by atoms with E-state index in [4.69, 9.17) is 14.9 Å². The van der Waals surface area contributed by atoms with Gasteiger partial charge in [0.25, 0.3) is 5.56 Å². The molecule has 2 rings (SSSR count). The van der Waals surface area contributed by atoms with Crippen LogP contribution in [0.2, 0.25) is 0 Å². The Morgan fingerprint density at radius 1 is 1.57 bits per heavy atom. The third kappa shape index (κ3) is 4.57. The highest BCUT2D eigenvalue weighted by atomic mass is 32.2. The van der Waals surface area contributed by atoms with Crippen molar-refractivity contribution in [2.24, 2.45) is 0 Å². The Morgan fingerprint density at radius 2 is 2.38 bits per heavy atom. The minimum atomic E-state index is -0.391. The lowest BCUT2D eigenvalue weighted by molar-refractivity contribution is -0.113. The van der Waals surface area contributed by atoms with Crippen molar-refractivity contribution in [2.45, 2.75) is 11.8 Å². The maximum atomic E-state index is 11.7. The minimum Gasteiger partial charge on any atom is -0.405 e. The number of methoxy groups -OCH3 is 1. The third-order valence-electron chi connectivity index (χ3n) is 2.06. The Kier molecular flexibility index (Phi) is 4.90. The van der Waals surface area contributed by atoms with Gasteiger partial charge >= 0.3 is 6.01 Å². The smallest absolute Gasteiger partial charge is 0.322 e. The number of aromatic amines is 1. The molecule has 1 amide bonds. The number of aromatic nitrogens is 4. The molecule has 0 aliphatic carbocycles. The summed E-state index contributed by atoms with van der Waals surface area (Å²) in [5.74, 6) is -0.0586. The lowest BCUT2D eigenvalue weighted by Gasteiger charge is -2.01. The highest BCUT2D eigenvalue weighted by Gasteiger charge is 2.11. The van der Waals surface area contributed by atoms with E-state index in [0.29, 0.717) is 0 Å². The predicted octanol–water partition coefficient (Wildman–Crippen LogP) is -0.388. The molecule has 2 aromatic rings. The van der Waals surface area contributed by atoms with Gasteiger partial charge in [-0.3, -0.25) is 14.9 Å². The van der Waals surface area contributed by atoms with Gasteiger partial charge in [0.05, 0.1) is 5.75 Å². The molecule has 0 unspecified atom stereocenters. The molecule has 0 bridgehead atoms. The fourth-order valence-corrected chi connectivity index (χ4v) is 1.98. The maximum absolute atomic E-state index is 11.7. The van der Waals surface area contributed by atoms with Crippen LogP contribution < -0.4 is 16.6 Å². The molecule has 0 aliphatic rings. The summed E-state index contributed by atoms with van der Waals surface area (Å²) in [6.45, 7) is 0.159. The molecule has 0 saturated carbocycles. The number of nitrogen functional groups attached to an aromatic ring is 1. The SMILES string of the molecule is COCc1nnc(NC(=O)CSc2nc(N)cc(=O)[nH]2)o1. The van der Waals surface area contributed by atoms with Gasteiger partial charge < -0.3 is 19.9 Å². The van der Waals surface area contributed by atoms with Crippen molar-refractivity contribution < 1.29 is 13.9 Å². The Balaban J connectivity index is 1.87. The topological polar surface area (TPSA) is 149 Å². The van der Waals surface area contributed by atoms with Crippen molar-refractivity contribution in [1.29, 1.82) is 0 Å². The zero-order valence-corrected chi connectivity index (χ0v) is 11.8. The molecule has 0 radical (unpaired) electrons. The standard InChI is InChI=1S/C10H12N6O4S/c1-19-3-8-15-16-9(20-8)13-7(18)4-21-10-12-5(11)2-6(17)14-10/h2H,3-4H2,1H3,(H,13,16,18)(H3,11,12,14,17). The van der Waals surface area contributed by atoms with E-state index in [1.165, 1.54) is 7.11 Å². The van der Waals surface area contributed by atoms with Gasteiger partial charge in [-0.05, 0) is 0 Å². The van der Waals surface area contributed by atoms with Gasteiger partial charge in [0.2, 0.25) is 11.8 Å². The average Bonchev–Trinajstić information content (AvgIpc) is 2.83. The summed E-state index contributed by atoms with van der Waals surface area (Å²) < 4.78 is 9.91. The molecule has 2 heterocycles. The number of amides is 1. The van der Waals surface area contributed by atoms with Crippen LogP contribution >= 0.6 is 11.8 Å². The molecule has 0 atom stereocenters. The number of rotatable bonds is 6. The summed E-state index contributed by atoms with van der Waals surface area (Å²) in [5, 5.41) is 9.95. The first-order valence-corrected chi connectivity index (χ1v) is 6.66. The highest BCUT2D eigenvalue weighted by Crippen LogP contribution is 2.13. The Hall–Kier alpha value is -2.40. The zero-order chi connectivity index (χ0) is 15.2. The van der Waals surface area contributed by atoms with Crippen molar-refractivity contribution in [3.05, 3.63) is 22.3 Å². The van der Waals surface area contributed by atoms with Gasteiger partial charge in [-0.25, -0.2) is 4.98 Å². The van der Waals surface area contributed by atoms with Crippen molar-refractivity contribution >= 4 is 29.5 Å². The lowest BCUT2D eigenvalue weighted by Crippen LogP contribution is -2.16. The van der Waals surface area contributed by atoms with E-state index in [2.05, 4.69) is 25.5 Å². The fraction of sp³-hybridized carbons (Fsp3) is 0.300. The van der Waals surface area contributed by atoms with Crippen molar-refractivity contribution in [2.75, 3.05) is 23.9 Å². The number of nitrogens with one attached hydrogen (secondary N) is 2. The van der Waals surface area contributed by atoms with Crippen molar-refractivity contribution in [1.82, 2.24) is 20.2 Å². The summed E-state index contributed by atoms with van der Waals surface area (Å²) in [6.07, 6.45) is 0. The van der Waals surface area contributed by atoms with E-state index in [9.17, 15) is 9.59 Å². The molecule has 10 nitrogen and oxygen atoms in total. The highest BCUT2D eigenvalue weighted by molar-refractivity contribution is 7.99. The first-order valence-electron chi connectivity index (χ1n) is 5.67. The van der Waals surface area contributed by atoms with E-state index in [-0.39, 0.29) is 40.8 Å². The van der Waals surface area contributed by atoms with Gasteiger partial charge in [0.15, 0.2) is 5.16 Å². The molecule has 2 aromatic heterocycles. The number of thioether (sulfide) groups is 1. The fourth-order valence-electron chi connectivity index (χ4n) is 1.30. The largest absolute Gasteiger partial charge is 0.405 e. The molecule has 0 fully saturated rings. The van der Waals surface area contributed by atoms with Gasteiger partial charge in [0.1, 0.15) is 12.4 Å². The lowest BCUT2D eigenvalue weighted by atomic mass is 10.6. The number of anilines is 2. The van der Waals surface area contributed by atoms with Crippen LogP contribution in [0.3, 0.4) is 0 Å². The maximum Gasteiger partial charge on any atom is 0.322 e. The van der Waals surface area contributed by atoms with Crippen LogP contribution in [0.4, 0.5) is 11.8 Å². The summed E-state index contributed by atoms with van der Waals surface area (Å²) >= 11 is 1.02. The molecule has 0 saturated heterocycles. The summed E-state index contributed by atoms with van der Waals surface area (Å²) in [4.78, 5) is 29.2. The molecule has 112 valence electrons. The van der Waals surface area contributed by atoms with Gasteiger partial charge in [0, 0.05) is 13.2 Å². The number of ether oxygens (including phenoxy) is 1. The molecular weight excluding hydrogens is 300 g/mol. The molecule has 0 aliphatic heterocycles. The second kappa shape index (κ2) is 6.85. The quantitative estimate of drug-likeness (QED) is 0.478. The number of nitrogens with zero attached hydrogens (tertiary/aromatic N) is 3. The molecular formula is C10H12N6O4S. The summed E-state index contributed by atoms with van der Waals surface area (Å²) in [7, 11) is 1.48. The predicted molar refractivity (Wildman–Crippen MR) is 73.6 cm³/mol. The summed E-state index contributed by atoms with van der Waals surface area (Å²) in [6, 6.07) is 1.13. The van der Waals surface area contributed by atoms with Crippen LogP contribution in [0.25, 0.3) is 0 Å². The average molecular weight is 312 g/mol. The first-order chi connectivity index (χ1) is 10.1. The second-order valence-corrected chi connectivity index (χ2v) is 4.71. The van der Waals surface area contributed by atoms with E-state index in [0.717, 1.165) is 17.8 Å². The number of carbonyl (C=O) groups is 1. The second-order valence-electron chi connectivity index (χ2n) is 3.75. The molecule has 0 spiro atoms. The van der Waals surface area contributed by atoms with Crippen molar-refractivity contribution in [3.63, 3.8) is 0 Å². The van der Waals surface area contributed by atoms with Gasteiger partial charge in [-0.1, -0.05) is 16.9 Å². The number of nitrogens with two attached hydrogens (primary N) is 1. The minimum absolute atomic E-state index is 0.00557. The Bertz CT molecular complexity index is 684. The number of H-pyrrole nitrogens is 1. The molecule has 21 heavy (non-hydrogen) atoms. The van der Waals surface area contributed by atoms with Gasteiger partial charge in [-0.15, -0.1) is 5.10 Å². The van der Waals surface area contributed by atoms with E-state index in [1.54, 1.807) is 0 Å². The number of hydrogen-bond acceptors (Lipinski definition) is 9. The van der Waals surface area contributed by atoms with Crippen LogP contribution in [0.1, 0.15) is 5.89 Å². The van der Waals surface area contributed by atoms with E-state index < -0.39 is 5.91 Å². The third-order valence-corrected chi connectivity index (χ3v) is 2.93. The number of hydrogen-bond donors (Lipinski definition) is 3. The van der Waals surface area contributed by atoms with Crippen molar-refractivity contribution in [3.8, 4) is 0 Å². The normalized spacial score (nSPS) is 10.5. The van der Waals surface area contributed by atoms with Gasteiger partial charge in [-0.2, -0.15) is 0 Å². The van der Waals surface area contributed by atoms with Crippen LogP contribution in [-0.4, -0.2) is 38.9 Å². The number of carbonyl (C=O) groups excluding carboxylic acids is 1. The molecule has 4 N–H and O–H groups in total. The van der Waals surface area contributed by atoms with E-state index >= 15 is 0 Å². The molecule has 11 heteroatoms. The zero-order valence-electron chi connectivity index (χ0n) is 11.0.